The Morgan fingerprint density at radius 3 is 2.43 bits per heavy atom. The average Bonchev–Trinajstić information content (AvgIpc) is 2.71. The van der Waals surface area contributed by atoms with Crippen LogP contribution in [0, 0.1) is 26.2 Å². The summed E-state index contributed by atoms with van der Waals surface area (Å²) in [5.74, 6) is 0.702. The molecule has 6 heteroatoms. The zero-order chi connectivity index (χ0) is 21.6. The maximum Gasteiger partial charge on any atom is 0.253 e. The highest BCUT2D eigenvalue weighted by Crippen LogP contribution is 2.40. The second kappa shape index (κ2) is 7.27. The fraction of sp³-hybridized carbons (Fsp3) is 0.375. The van der Waals surface area contributed by atoms with Gasteiger partial charge in [0.2, 0.25) is 0 Å². The van der Waals surface area contributed by atoms with Gasteiger partial charge in [0.15, 0.2) is 5.78 Å². The van der Waals surface area contributed by atoms with Gasteiger partial charge in [0.1, 0.15) is 11.4 Å². The van der Waals surface area contributed by atoms with Gasteiger partial charge >= 0.3 is 0 Å². The van der Waals surface area contributed by atoms with E-state index >= 15 is 0 Å². The number of carbonyl (C=O) groups excluding carboxylic acids is 2. The smallest absolute Gasteiger partial charge is 0.253 e. The minimum Gasteiger partial charge on any atom is -0.486 e. The van der Waals surface area contributed by atoms with E-state index < -0.39 is 5.60 Å². The van der Waals surface area contributed by atoms with Crippen molar-refractivity contribution in [1.29, 1.82) is 5.41 Å². The lowest BCUT2D eigenvalue weighted by Crippen LogP contribution is -2.52. The Balaban J connectivity index is 1.52. The summed E-state index contributed by atoms with van der Waals surface area (Å²) < 4.78 is 6.37. The van der Waals surface area contributed by atoms with Crippen LogP contribution in [0.15, 0.2) is 24.3 Å². The number of rotatable bonds is 2. The van der Waals surface area contributed by atoms with E-state index in [0.29, 0.717) is 60.5 Å². The first-order valence-corrected chi connectivity index (χ1v) is 10.3. The highest BCUT2D eigenvalue weighted by atomic mass is 16.5. The molecule has 1 spiro atoms. The van der Waals surface area contributed by atoms with Gasteiger partial charge in [-0.1, -0.05) is 0 Å². The summed E-state index contributed by atoms with van der Waals surface area (Å²) in [7, 11) is 0. The molecule has 30 heavy (non-hydrogen) atoms. The fourth-order valence-electron chi connectivity index (χ4n) is 4.40. The van der Waals surface area contributed by atoms with Crippen molar-refractivity contribution in [3.05, 3.63) is 57.6 Å². The molecular weight excluding hydrogens is 378 g/mol. The number of fused-ring (bicyclic) bond motifs is 1. The van der Waals surface area contributed by atoms with Gasteiger partial charge in [-0.3, -0.25) is 9.59 Å². The van der Waals surface area contributed by atoms with Crippen LogP contribution in [0.5, 0.6) is 5.75 Å². The third kappa shape index (κ3) is 3.36. The van der Waals surface area contributed by atoms with Crippen molar-refractivity contribution in [2.24, 2.45) is 0 Å². The van der Waals surface area contributed by atoms with Crippen molar-refractivity contribution in [3.8, 4) is 5.75 Å². The molecule has 4 rings (SSSR count). The maximum atomic E-state index is 13.0. The van der Waals surface area contributed by atoms with Crippen molar-refractivity contribution < 1.29 is 14.3 Å². The van der Waals surface area contributed by atoms with Gasteiger partial charge in [-0.2, -0.15) is 0 Å². The topological polar surface area (TPSA) is 96.5 Å². The van der Waals surface area contributed by atoms with Gasteiger partial charge < -0.3 is 20.8 Å². The first-order valence-electron chi connectivity index (χ1n) is 10.3. The number of benzene rings is 2. The largest absolute Gasteiger partial charge is 0.486 e. The molecule has 0 radical (unpaired) electrons. The first kappa shape index (κ1) is 20.1. The fourth-order valence-corrected chi connectivity index (χ4v) is 4.40. The molecule has 2 aliphatic heterocycles. The lowest BCUT2D eigenvalue weighted by Gasteiger charge is -2.44. The van der Waals surface area contributed by atoms with Crippen LogP contribution in [0.25, 0.3) is 0 Å². The normalized spacial score (nSPS) is 17.4. The molecule has 0 atom stereocenters. The second-order valence-corrected chi connectivity index (χ2v) is 8.55. The summed E-state index contributed by atoms with van der Waals surface area (Å²) in [4.78, 5) is 27.7. The number of likely N-dealkylation sites (tertiary alicyclic amines) is 1. The van der Waals surface area contributed by atoms with E-state index in [9.17, 15) is 9.59 Å². The van der Waals surface area contributed by atoms with Gasteiger partial charge in [0.25, 0.3) is 5.91 Å². The van der Waals surface area contributed by atoms with E-state index in [4.69, 9.17) is 15.9 Å². The Kier molecular flexibility index (Phi) is 4.88. The Hall–Kier alpha value is -3.15. The van der Waals surface area contributed by atoms with Crippen molar-refractivity contribution in [3.63, 3.8) is 0 Å². The van der Waals surface area contributed by atoms with Crippen LogP contribution in [0.1, 0.15) is 62.2 Å². The SMILES string of the molecule is Cc1cc2c(cc1C)C(=O)CC1(CCN(C(=O)c3cc(C)c(N)c(C=N)c3)CC1)O2. The van der Waals surface area contributed by atoms with Gasteiger partial charge in [-0.15, -0.1) is 0 Å². The molecule has 1 amide bonds. The monoisotopic (exact) mass is 405 g/mol. The number of nitrogens with one attached hydrogen (secondary N) is 1. The zero-order valence-electron chi connectivity index (χ0n) is 17.7. The first-order chi connectivity index (χ1) is 14.2. The third-order valence-corrected chi connectivity index (χ3v) is 6.49. The molecular formula is C24H27N3O3. The number of amides is 1. The summed E-state index contributed by atoms with van der Waals surface area (Å²) >= 11 is 0. The molecule has 2 heterocycles. The molecule has 0 aromatic heterocycles. The molecule has 2 aromatic carbocycles. The van der Waals surface area contributed by atoms with E-state index in [-0.39, 0.29) is 11.7 Å². The minimum absolute atomic E-state index is 0.0787. The van der Waals surface area contributed by atoms with Crippen LogP contribution in [0.4, 0.5) is 5.69 Å². The number of nitrogens with two attached hydrogens (primary N) is 1. The van der Waals surface area contributed by atoms with Gasteiger partial charge in [-0.25, -0.2) is 0 Å². The van der Waals surface area contributed by atoms with Gasteiger partial charge in [-0.05, 0) is 61.7 Å². The summed E-state index contributed by atoms with van der Waals surface area (Å²) in [6.07, 6.45) is 2.75. The number of Topliss-reactive ketones (excluding diaryl/α,β-unsaturated/α-hetero) is 1. The van der Waals surface area contributed by atoms with E-state index in [1.165, 1.54) is 6.21 Å². The molecule has 2 aliphatic rings. The van der Waals surface area contributed by atoms with Crippen molar-refractivity contribution in [2.45, 2.75) is 45.6 Å². The average molecular weight is 405 g/mol. The number of aryl methyl sites for hydroxylation is 3. The van der Waals surface area contributed by atoms with Crippen LogP contribution in [-0.2, 0) is 0 Å². The molecule has 156 valence electrons. The standard InChI is InChI=1S/C24H27N3O3/c1-14-9-19-20(28)12-24(30-21(19)10-15(14)2)4-6-27(7-5-24)23(29)17-8-16(3)22(26)18(11-17)13-25/h8-11,13,25H,4-7,12,26H2,1-3H3. The lowest BCUT2D eigenvalue weighted by atomic mass is 9.81. The summed E-state index contributed by atoms with van der Waals surface area (Å²) in [5, 5.41) is 7.52. The number of anilines is 1. The number of hydrogen-bond donors (Lipinski definition) is 2. The minimum atomic E-state index is -0.542. The Morgan fingerprint density at radius 1 is 1.10 bits per heavy atom. The molecule has 0 unspecified atom stereocenters. The van der Waals surface area contributed by atoms with Crippen LogP contribution >= 0.6 is 0 Å². The second-order valence-electron chi connectivity index (χ2n) is 8.55. The summed E-state index contributed by atoms with van der Waals surface area (Å²) in [5.41, 5.74) is 10.7. The van der Waals surface area contributed by atoms with Crippen molar-refractivity contribution in [2.75, 3.05) is 18.8 Å². The number of ether oxygens (including phenoxy) is 1. The molecule has 2 aromatic rings. The number of nitrogens with zero attached hydrogens (tertiary/aromatic N) is 1. The van der Waals surface area contributed by atoms with Crippen LogP contribution in [0.2, 0.25) is 0 Å². The number of piperidine rings is 1. The van der Waals surface area contributed by atoms with E-state index in [0.717, 1.165) is 16.7 Å². The van der Waals surface area contributed by atoms with Crippen molar-refractivity contribution >= 4 is 23.6 Å². The molecule has 1 fully saturated rings. The maximum absolute atomic E-state index is 13.0. The molecule has 0 aliphatic carbocycles. The molecule has 0 bridgehead atoms. The Morgan fingerprint density at radius 2 is 1.77 bits per heavy atom. The van der Waals surface area contributed by atoms with Crippen LogP contribution in [0.3, 0.4) is 0 Å². The lowest BCUT2D eigenvalue weighted by molar-refractivity contribution is -0.00575. The van der Waals surface area contributed by atoms with E-state index in [1.807, 2.05) is 32.9 Å². The number of nitrogen functional groups attached to an aromatic ring is 1. The Labute approximate surface area is 176 Å². The van der Waals surface area contributed by atoms with E-state index in [2.05, 4.69) is 0 Å². The molecule has 1 saturated heterocycles. The van der Waals surface area contributed by atoms with Crippen molar-refractivity contribution in [1.82, 2.24) is 4.90 Å². The zero-order valence-corrected chi connectivity index (χ0v) is 17.7. The number of carbonyl (C=O) groups is 2. The highest BCUT2D eigenvalue weighted by molar-refractivity contribution is 6.01. The van der Waals surface area contributed by atoms with Crippen LogP contribution < -0.4 is 10.5 Å². The summed E-state index contributed by atoms with van der Waals surface area (Å²) in [6, 6.07) is 7.32. The predicted octanol–water partition coefficient (Wildman–Crippen LogP) is 3.83. The molecule has 3 N–H and O–H groups in total. The van der Waals surface area contributed by atoms with Gasteiger partial charge in [0.05, 0.1) is 12.0 Å². The third-order valence-electron chi connectivity index (χ3n) is 6.49. The molecule has 0 saturated carbocycles. The van der Waals surface area contributed by atoms with E-state index in [1.54, 1.807) is 17.0 Å². The summed E-state index contributed by atoms with van der Waals surface area (Å²) in [6.45, 7) is 6.90. The predicted molar refractivity (Wildman–Crippen MR) is 117 cm³/mol. The quantitative estimate of drug-likeness (QED) is 0.586. The number of hydrogen-bond acceptors (Lipinski definition) is 5. The van der Waals surface area contributed by atoms with Gasteiger partial charge in [0, 0.05) is 49.0 Å². The molecule has 6 nitrogen and oxygen atoms in total. The number of ketones is 1. The van der Waals surface area contributed by atoms with Crippen LogP contribution in [-0.4, -0.2) is 41.5 Å². The Bertz CT molecular complexity index is 1070. The highest BCUT2D eigenvalue weighted by Gasteiger charge is 2.43.